The summed E-state index contributed by atoms with van der Waals surface area (Å²) in [5.41, 5.74) is 11.5. The molecule has 4 nitrogen and oxygen atoms in total. The second kappa shape index (κ2) is 26.5. The number of aryl methyl sites for hydroxylation is 2. The van der Waals surface area contributed by atoms with Crippen LogP contribution in [0.15, 0.2) is 109 Å². The normalized spacial score (nSPS) is 11.4. The molecule has 0 saturated carbocycles. The first-order chi connectivity index (χ1) is 27.3. The summed E-state index contributed by atoms with van der Waals surface area (Å²) < 4.78 is 0. The Kier molecular flexibility index (Phi) is 22.2. The number of amides is 2. The Balaban J connectivity index is 0.000000243. The third-order valence-electron chi connectivity index (χ3n) is 10.4. The maximum atomic E-state index is 9.38. The average molecular weight is 868 g/mol. The number of benzene rings is 4. The van der Waals surface area contributed by atoms with Crippen molar-refractivity contribution >= 4 is 58.9 Å². The monoisotopic (exact) mass is 865 g/mol. The average Bonchev–Trinajstić information content (AvgIpc) is 3.86. The van der Waals surface area contributed by atoms with E-state index in [9.17, 15) is 9.59 Å². The van der Waals surface area contributed by atoms with Gasteiger partial charge in [0.2, 0.25) is 0 Å². The Morgan fingerprint density at radius 2 is 0.982 bits per heavy atom. The fourth-order valence-corrected chi connectivity index (χ4v) is 7.01. The van der Waals surface area contributed by atoms with Crippen molar-refractivity contribution in [2.45, 2.75) is 105 Å². The predicted octanol–water partition coefficient (Wildman–Crippen LogP) is 13.6. The number of rotatable bonds is 16. The molecule has 0 bridgehead atoms. The molecule has 6 aromatic rings. The van der Waals surface area contributed by atoms with E-state index >= 15 is 0 Å². The van der Waals surface area contributed by atoms with Crippen LogP contribution in [-0.2, 0) is 43.3 Å². The van der Waals surface area contributed by atoms with Crippen molar-refractivity contribution < 1.29 is 30.4 Å². The van der Waals surface area contributed by atoms with Gasteiger partial charge in [-0.3, -0.25) is 9.59 Å². The van der Waals surface area contributed by atoms with Gasteiger partial charge in [0.25, 0.3) is 0 Å². The van der Waals surface area contributed by atoms with Crippen molar-refractivity contribution in [2.75, 3.05) is 0 Å². The topological polar surface area (TPSA) is 58.2 Å². The molecular weight excluding hydrogens is 809 g/mol. The number of hydrogen-bond donors (Lipinski definition) is 2. The summed E-state index contributed by atoms with van der Waals surface area (Å²) in [5.74, 6) is 1.19. The summed E-state index contributed by atoms with van der Waals surface area (Å²) in [6, 6.07) is 40.9. The molecule has 0 saturated heterocycles. The van der Waals surface area contributed by atoms with Gasteiger partial charge in [0.1, 0.15) is 0 Å². The number of carbonyl (C=O) groups is 2. The van der Waals surface area contributed by atoms with Gasteiger partial charge in [-0.1, -0.05) is 139 Å². The zero-order chi connectivity index (χ0) is 40.7. The summed E-state index contributed by atoms with van der Waals surface area (Å²) in [5, 5.41) is 9.79. The first-order valence-corrected chi connectivity index (χ1v) is 26.4. The predicted molar refractivity (Wildman–Crippen MR) is 240 cm³/mol. The standard InChI is InChI=1S/2C23H27.C2H4BN2O2.2ClH.Zr/c2*1-4-6-10-18-15-19-11-9-14-22(23(19)16-18)21-13-8-7-12-20(21)17(3)5-2;6-1-4-3-5-2-7;;;/h2*7-9,11-17H,4-6,10H2,1-3H3;1-2H,(H,4,6)(H,5,7);2*1H;/q2*-1;;;;+4/p-2. The van der Waals surface area contributed by atoms with E-state index in [1.165, 1.54) is 117 Å². The van der Waals surface area contributed by atoms with E-state index in [4.69, 9.17) is 17.0 Å². The van der Waals surface area contributed by atoms with Gasteiger partial charge >= 0.3 is 45.4 Å². The van der Waals surface area contributed by atoms with Crippen molar-refractivity contribution in [3.05, 3.63) is 131 Å². The van der Waals surface area contributed by atoms with Crippen molar-refractivity contribution in [2.24, 2.45) is 0 Å². The van der Waals surface area contributed by atoms with E-state index in [1.54, 1.807) is 0 Å². The molecule has 0 aliphatic carbocycles. The molecule has 0 spiro atoms. The Labute approximate surface area is 355 Å². The third-order valence-corrected chi connectivity index (χ3v) is 10.4. The van der Waals surface area contributed by atoms with E-state index in [1.807, 2.05) is 0 Å². The van der Waals surface area contributed by atoms with Crippen LogP contribution < -0.4 is 10.5 Å². The molecule has 2 amide bonds. The molecule has 6 rings (SSSR count). The second-order valence-electron chi connectivity index (χ2n) is 14.1. The van der Waals surface area contributed by atoms with Crippen LogP contribution in [0.4, 0.5) is 0 Å². The summed E-state index contributed by atoms with van der Waals surface area (Å²) >= 11 is -0.826. The van der Waals surface area contributed by atoms with Crippen LogP contribution >= 0.6 is 17.0 Å². The molecule has 293 valence electrons. The number of fused-ring (bicyclic) bond motifs is 2. The summed E-state index contributed by atoms with van der Waals surface area (Å²) in [7, 11) is 11.0. The number of carbonyl (C=O) groups excluding carboxylic acids is 2. The molecule has 2 N–H and O–H groups in total. The summed E-state index contributed by atoms with van der Waals surface area (Å²) in [4.78, 5) is 18.8. The van der Waals surface area contributed by atoms with Gasteiger partial charge in [-0.2, -0.15) is 12.1 Å². The minimum atomic E-state index is -0.826. The van der Waals surface area contributed by atoms with E-state index in [-0.39, 0.29) is 0 Å². The quantitative estimate of drug-likeness (QED) is 0.0441. The van der Waals surface area contributed by atoms with Crippen LogP contribution in [0.25, 0.3) is 43.8 Å². The van der Waals surface area contributed by atoms with Crippen molar-refractivity contribution in [1.82, 2.24) is 10.5 Å². The fraction of sp³-hybridized carbons (Fsp3) is 0.333. The van der Waals surface area contributed by atoms with Crippen LogP contribution in [0.5, 0.6) is 0 Å². The minimum absolute atomic E-state index is 0.455. The van der Waals surface area contributed by atoms with Gasteiger partial charge in [-0.25, -0.2) is 0 Å². The fourth-order valence-electron chi connectivity index (χ4n) is 7.01. The van der Waals surface area contributed by atoms with Gasteiger partial charge < -0.3 is 10.5 Å². The van der Waals surface area contributed by atoms with E-state index < -0.39 is 20.8 Å². The Morgan fingerprint density at radius 1 is 0.607 bits per heavy atom. The molecule has 0 aromatic heterocycles. The molecular formula is C48H58BCl2N2O2Zr. The number of nitrogens with one attached hydrogen (secondary N) is 2. The molecule has 56 heavy (non-hydrogen) atoms. The Bertz CT molecular complexity index is 1900. The first kappa shape index (κ1) is 46.9. The van der Waals surface area contributed by atoms with Crippen molar-refractivity contribution in [1.29, 1.82) is 0 Å². The second-order valence-corrected chi connectivity index (χ2v) is 17.9. The molecule has 8 heteroatoms. The van der Waals surface area contributed by atoms with Crippen LogP contribution in [0.3, 0.4) is 0 Å². The zero-order valence-electron chi connectivity index (χ0n) is 34.0. The molecule has 0 aliphatic rings. The summed E-state index contributed by atoms with van der Waals surface area (Å²) in [6.45, 7) is 13.7. The van der Waals surface area contributed by atoms with Gasteiger partial charge in [-0.15, -0.1) is 69.1 Å². The molecule has 2 unspecified atom stereocenters. The zero-order valence-corrected chi connectivity index (χ0v) is 38.0. The first-order valence-electron chi connectivity index (χ1n) is 20.0. The number of hydrogen-bond acceptors (Lipinski definition) is 2. The van der Waals surface area contributed by atoms with E-state index in [0.717, 1.165) is 7.55 Å². The van der Waals surface area contributed by atoms with E-state index in [0.29, 0.717) is 24.7 Å². The van der Waals surface area contributed by atoms with Crippen LogP contribution in [0, 0.1) is 0 Å². The molecule has 1 radical (unpaired) electrons. The van der Waals surface area contributed by atoms with Crippen LogP contribution in [0.2, 0.25) is 0 Å². The third kappa shape index (κ3) is 13.9. The summed E-state index contributed by atoms with van der Waals surface area (Å²) in [6.07, 6.45) is 10.7. The Morgan fingerprint density at radius 3 is 1.34 bits per heavy atom. The molecule has 6 aromatic carbocycles. The van der Waals surface area contributed by atoms with Gasteiger partial charge in [0, 0.05) is 0 Å². The van der Waals surface area contributed by atoms with Crippen LogP contribution in [-0.4, -0.2) is 20.4 Å². The SMILES string of the molecule is CCCCc1cc2c(-c3ccccc3C(C)CC)cccc2[cH-]1.CCCCc1cc2c(-c3ccccc3C(C)CC)cccc2[cH-]1.O=CN[B]NC=O.[Cl][Zr+2][Cl]. The number of halogens is 2. The number of unbranched alkanes of at least 4 members (excludes halogenated alkanes) is 2. The van der Waals surface area contributed by atoms with Gasteiger partial charge in [0.05, 0.1) is 0 Å². The van der Waals surface area contributed by atoms with E-state index in [2.05, 4.69) is 161 Å². The molecule has 0 aliphatic heterocycles. The Hall–Kier alpha value is -3.43. The molecule has 2 atom stereocenters. The van der Waals surface area contributed by atoms with Gasteiger partial charge in [-0.05, 0) is 59.8 Å². The van der Waals surface area contributed by atoms with Gasteiger partial charge in [0.15, 0.2) is 12.8 Å². The van der Waals surface area contributed by atoms with Crippen molar-refractivity contribution in [3.63, 3.8) is 0 Å². The maximum absolute atomic E-state index is 9.38. The van der Waals surface area contributed by atoms with Crippen LogP contribution in [0.1, 0.15) is 114 Å². The molecule has 0 fully saturated rings. The van der Waals surface area contributed by atoms with Crippen molar-refractivity contribution in [3.8, 4) is 22.3 Å². The molecule has 0 heterocycles.